The van der Waals surface area contributed by atoms with Crippen molar-refractivity contribution < 1.29 is 14.3 Å². The molecule has 5 heteroatoms. The molecule has 4 nitrogen and oxygen atoms in total. The van der Waals surface area contributed by atoms with Crippen molar-refractivity contribution in [2.75, 3.05) is 26.8 Å². The van der Waals surface area contributed by atoms with Gasteiger partial charge in [-0.15, -0.1) is 12.4 Å². The Morgan fingerprint density at radius 1 is 0.966 bits per heavy atom. The van der Waals surface area contributed by atoms with Crippen LogP contribution < -0.4 is 4.74 Å². The third kappa shape index (κ3) is 12.8. The van der Waals surface area contributed by atoms with Crippen molar-refractivity contribution in [1.82, 2.24) is 4.90 Å². The number of esters is 1. The van der Waals surface area contributed by atoms with Crippen LogP contribution in [0.25, 0.3) is 0 Å². The fourth-order valence-corrected chi connectivity index (χ4v) is 3.62. The third-order valence-electron chi connectivity index (χ3n) is 5.35. The molecule has 0 heterocycles. The molecule has 0 bridgehead atoms. The number of carbonyl (C=O) groups excluding carboxylic acids is 1. The SMILES string of the molecule is CCOC(=O)CCCCCCCCCN(CC)C(C)Cc1ccc(OC)cc1.Cl. The molecule has 0 N–H and O–H groups in total. The first-order valence-electron chi connectivity index (χ1n) is 11.1. The number of carbonyl (C=O) groups is 1. The van der Waals surface area contributed by atoms with Crippen molar-refractivity contribution in [3.63, 3.8) is 0 Å². The van der Waals surface area contributed by atoms with Crippen molar-refractivity contribution in [3.05, 3.63) is 29.8 Å². The lowest BCUT2D eigenvalue weighted by Crippen LogP contribution is -2.35. The molecule has 29 heavy (non-hydrogen) atoms. The molecule has 0 saturated heterocycles. The summed E-state index contributed by atoms with van der Waals surface area (Å²) < 4.78 is 10.2. The smallest absolute Gasteiger partial charge is 0.305 e. The maximum atomic E-state index is 11.3. The zero-order valence-electron chi connectivity index (χ0n) is 19.0. The molecular formula is C24H42ClNO3. The summed E-state index contributed by atoms with van der Waals surface area (Å²) in [7, 11) is 1.71. The fourth-order valence-electron chi connectivity index (χ4n) is 3.62. The Hall–Kier alpha value is -1.26. The van der Waals surface area contributed by atoms with Gasteiger partial charge in [0.2, 0.25) is 0 Å². The topological polar surface area (TPSA) is 38.8 Å². The van der Waals surface area contributed by atoms with Crippen LogP contribution in [0.1, 0.15) is 77.7 Å². The van der Waals surface area contributed by atoms with Crippen LogP contribution in [0, 0.1) is 0 Å². The van der Waals surface area contributed by atoms with Gasteiger partial charge < -0.3 is 14.4 Å². The van der Waals surface area contributed by atoms with Gasteiger partial charge >= 0.3 is 5.97 Å². The molecule has 0 aliphatic rings. The molecule has 1 aromatic carbocycles. The van der Waals surface area contributed by atoms with Gasteiger partial charge in [0, 0.05) is 12.5 Å². The molecule has 0 aliphatic carbocycles. The van der Waals surface area contributed by atoms with Gasteiger partial charge in [0.15, 0.2) is 0 Å². The average Bonchev–Trinajstić information content (AvgIpc) is 2.70. The molecule has 0 fully saturated rings. The summed E-state index contributed by atoms with van der Waals surface area (Å²) in [6.45, 7) is 9.22. The predicted molar refractivity (Wildman–Crippen MR) is 124 cm³/mol. The molecule has 1 rings (SSSR count). The van der Waals surface area contributed by atoms with Gasteiger partial charge in [0.25, 0.3) is 0 Å². The van der Waals surface area contributed by atoms with Gasteiger partial charge in [-0.25, -0.2) is 0 Å². The van der Waals surface area contributed by atoms with Crippen molar-refractivity contribution in [3.8, 4) is 5.75 Å². The summed E-state index contributed by atoms with van der Waals surface area (Å²) in [5.41, 5.74) is 1.37. The molecule has 0 radical (unpaired) electrons. The fraction of sp³-hybridized carbons (Fsp3) is 0.708. The van der Waals surface area contributed by atoms with Crippen LogP contribution in [0.4, 0.5) is 0 Å². The largest absolute Gasteiger partial charge is 0.497 e. The molecular weight excluding hydrogens is 386 g/mol. The molecule has 0 aromatic heterocycles. The molecule has 1 aromatic rings. The number of nitrogens with zero attached hydrogens (tertiary/aromatic N) is 1. The van der Waals surface area contributed by atoms with E-state index in [1.807, 2.05) is 19.1 Å². The lowest BCUT2D eigenvalue weighted by Gasteiger charge is -2.28. The zero-order valence-corrected chi connectivity index (χ0v) is 19.8. The number of hydrogen-bond donors (Lipinski definition) is 0. The highest BCUT2D eigenvalue weighted by molar-refractivity contribution is 5.85. The normalized spacial score (nSPS) is 11.8. The lowest BCUT2D eigenvalue weighted by molar-refractivity contribution is -0.143. The predicted octanol–water partition coefficient (Wildman–Crippen LogP) is 6.05. The first-order chi connectivity index (χ1) is 13.6. The number of unbranched alkanes of at least 4 members (excludes halogenated alkanes) is 6. The Morgan fingerprint density at radius 2 is 1.55 bits per heavy atom. The second kappa shape index (κ2) is 17.6. The lowest BCUT2D eigenvalue weighted by atomic mass is 10.0. The van der Waals surface area contributed by atoms with Crippen molar-refractivity contribution in [2.45, 2.75) is 84.6 Å². The van der Waals surface area contributed by atoms with Gasteiger partial charge in [-0.05, 0) is 63.9 Å². The van der Waals surface area contributed by atoms with Crippen molar-refractivity contribution in [2.24, 2.45) is 0 Å². The number of benzene rings is 1. The highest BCUT2D eigenvalue weighted by atomic mass is 35.5. The Bertz CT molecular complexity index is 521. The number of hydrogen-bond acceptors (Lipinski definition) is 4. The molecule has 0 aliphatic heterocycles. The Morgan fingerprint density at radius 3 is 2.10 bits per heavy atom. The second-order valence-corrected chi connectivity index (χ2v) is 7.56. The molecule has 168 valence electrons. The van der Waals surface area contributed by atoms with E-state index in [-0.39, 0.29) is 18.4 Å². The van der Waals surface area contributed by atoms with Crippen LogP contribution in [0.2, 0.25) is 0 Å². The first kappa shape index (κ1) is 27.7. The minimum Gasteiger partial charge on any atom is -0.497 e. The molecule has 0 spiro atoms. The van der Waals surface area contributed by atoms with E-state index in [1.54, 1.807) is 7.11 Å². The summed E-state index contributed by atoms with van der Waals surface area (Å²) in [6.07, 6.45) is 10.1. The van der Waals surface area contributed by atoms with Crippen LogP contribution in [0.5, 0.6) is 5.75 Å². The standard InChI is InChI=1S/C24H41NO3.ClH/c1-5-25(21(3)20-22-15-17-23(27-4)18-16-22)19-13-11-9-7-8-10-12-14-24(26)28-6-2;/h15-18,21H,5-14,19-20H2,1-4H3;1H. The summed E-state index contributed by atoms with van der Waals surface area (Å²) in [5, 5.41) is 0. The van der Waals surface area contributed by atoms with E-state index in [0.717, 1.165) is 31.6 Å². The summed E-state index contributed by atoms with van der Waals surface area (Å²) in [5.74, 6) is 0.871. The van der Waals surface area contributed by atoms with Gasteiger partial charge in [0.05, 0.1) is 13.7 Å². The minimum absolute atomic E-state index is 0. The number of ether oxygens (including phenoxy) is 2. The number of methoxy groups -OCH3 is 1. The Labute approximate surface area is 184 Å². The van der Waals surface area contributed by atoms with E-state index < -0.39 is 0 Å². The molecule has 0 saturated carbocycles. The highest BCUT2D eigenvalue weighted by Gasteiger charge is 2.12. The Kier molecular flexibility index (Phi) is 16.8. The summed E-state index contributed by atoms with van der Waals surface area (Å²) >= 11 is 0. The zero-order chi connectivity index (χ0) is 20.6. The number of likely N-dealkylation sites (N-methyl/N-ethyl adjacent to an activating group) is 1. The van der Waals surface area contributed by atoms with Crippen LogP contribution >= 0.6 is 12.4 Å². The van der Waals surface area contributed by atoms with Crippen molar-refractivity contribution in [1.29, 1.82) is 0 Å². The summed E-state index contributed by atoms with van der Waals surface area (Å²) in [4.78, 5) is 13.9. The third-order valence-corrected chi connectivity index (χ3v) is 5.35. The number of rotatable bonds is 16. The number of halogens is 1. The molecule has 0 amide bonds. The quantitative estimate of drug-likeness (QED) is 0.237. The van der Waals surface area contributed by atoms with Crippen LogP contribution in [-0.4, -0.2) is 43.7 Å². The van der Waals surface area contributed by atoms with E-state index >= 15 is 0 Å². The van der Waals surface area contributed by atoms with E-state index in [2.05, 4.69) is 30.9 Å². The minimum atomic E-state index is -0.0501. The second-order valence-electron chi connectivity index (χ2n) is 7.56. The average molecular weight is 428 g/mol. The van der Waals surface area contributed by atoms with E-state index in [1.165, 1.54) is 44.2 Å². The Balaban J connectivity index is 0.00000784. The highest BCUT2D eigenvalue weighted by Crippen LogP contribution is 2.15. The van der Waals surface area contributed by atoms with Crippen molar-refractivity contribution >= 4 is 18.4 Å². The first-order valence-corrected chi connectivity index (χ1v) is 11.1. The van der Waals surface area contributed by atoms with Crippen LogP contribution in [0.15, 0.2) is 24.3 Å². The summed E-state index contributed by atoms with van der Waals surface area (Å²) in [6, 6.07) is 8.99. The molecule has 1 atom stereocenters. The maximum Gasteiger partial charge on any atom is 0.305 e. The van der Waals surface area contributed by atoms with E-state index in [4.69, 9.17) is 9.47 Å². The van der Waals surface area contributed by atoms with Gasteiger partial charge in [-0.1, -0.05) is 51.2 Å². The van der Waals surface area contributed by atoms with Gasteiger partial charge in [0.1, 0.15) is 5.75 Å². The van der Waals surface area contributed by atoms with Crippen LogP contribution in [0.3, 0.4) is 0 Å². The van der Waals surface area contributed by atoms with Gasteiger partial charge in [-0.3, -0.25) is 4.79 Å². The van der Waals surface area contributed by atoms with E-state index in [0.29, 0.717) is 19.1 Å². The van der Waals surface area contributed by atoms with Crippen LogP contribution in [-0.2, 0) is 16.0 Å². The van der Waals surface area contributed by atoms with E-state index in [9.17, 15) is 4.79 Å². The molecule has 1 unspecified atom stereocenters. The monoisotopic (exact) mass is 427 g/mol. The van der Waals surface area contributed by atoms with Gasteiger partial charge in [-0.2, -0.15) is 0 Å². The maximum absolute atomic E-state index is 11.3.